The molecule has 3 nitrogen and oxygen atoms in total. The topological polar surface area (TPSA) is 38.3 Å². The Morgan fingerprint density at radius 2 is 1.52 bits per heavy atom. The van der Waals surface area contributed by atoms with Gasteiger partial charge in [0.05, 0.1) is 5.92 Å². The van der Waals surface area contributed by atoms with E-state index in [0.29, 0.717) is 18.0 Å². The number of ether oxygens (including phenoxy) is 1. The summed E-state index contributed by atoms with van der Waals surface area (Å²) in [4.78, 5) is 13.1. The van der Waals surface area contributed by atoms with E-state index in [9.17, 15) is 4.79 Å². The molecular weight excluding hydrogens is 334 g/mol. The number of carbonyl (C=O) groups excluding carboxylic acids is 1. The van der Waals surface area contributed by atoms with Gasteiger partial charge in [-0.2, -0.15) is 0 Å². The zero-order valence-electron chi connectivity index (χ0n) is 15.4. The van der Waals surface area contributed by atoms with Gasteiger partial charge in [-0.3, -0.25) is 4.79 Å². The SMILES string of the molecule is C=C(C)COc1cccc(NC(=O)C(c2ccccc2)c2ccccc2)c1. The third-order valence-corrected chi connectivity index (χ3v) is 4.11. The van der Waals surface area contributed by atoms with Gasteiger partial charge >= 0.3 is 0 Å². The number of rotatable bonds is 7. The Morgan fingerprint density at radius 1 is 0.926 bits per heavy atom. The van der Waals surface area contributed by atoms with Crippen LogP contribution in [0.5, 0.6) is 5.75 Å². The van der Waals surface area contributed by atoms with Crippen LogP contribution >= 0.6 is 0 Å². The first-order valence-electron chi connectivity index (χ1n) is 8.91. The highest BCUT2D eigenvalue weighted by molar-refractivity contribution is 5.98. The third-order valence-electron chi connectivity index (χ3n) is 4.11. The molecule has 0 aliphatic carbocycles. The molecule has 3 rings (SSSR count). The lowest BCUT2D eigenvalue weighted by molar-refractivity contribution is -0.116. The predicted octanol–water partition coefficient (Wildman–Crippen LogP) is 5.41. The van der Waals surface area contributed by atoms with Crippen LogP contribution in [0.25, 0.3) is 0 Å². The Labute approximate surface area is 160 Å². The summed E-state index contributed by atoms with van der Waals surface area (Å²) in [6, 6.07) is 27.0. The fraction of sp³-hybridized carbons (Fsp3) is 0.125. The molecule has 0 fully saturated rings. The standard InChI is InChI=1S/C24H23NO2/c1-18(2)17-27-22-15-9-14-21(16-22)25-24(26)23(19-10-5-3-6-11-19)20-12-7-4-8-13-20/h3-16,23H,1,17H2,2H3,(H,25,26). The molecule has 0 saturated heterocycles. The lowest BCUT2D eigenvalue weighted by Gasteiger charge is -2.18. The van der Waals surface area contributed by atoms with Crippen molar-refractivity contribution >= 4 is 11.6 Å². The van der Waals surface area contributed by atoms with Gasteiger partial charge in [-0.1, -0.05) is 73.3 Å². The number of anilines is 1. The molecular formula is C24H23NO2. The first-order chi connectivity index (χ1) is 13.1. The fourth-order valence-corrected chi connectivity index (χ4v) is 2.87. The highest BCUT2D eigenvalue weighted by Crippen LogP contribution is 2.27. The van der Waals surface area contributed by atoms with E-state index in [-0.39, 0.29) is 11.8 Å². The second kappa shape index (κ2) is 8.86. The van der Waals surface area contributed by atoms with E-state index >= 15 is 0 Å². The van der Waals surface area contributed by atoms with E-state index < -0.39 is 0 Å². The van der Waals surface area contributed by atoms with Gasteiger partial charge in [-0.05, 0) is 35.8 Å². The minimum atomic E-state index is -0.382. The van der Waals surface area contributed by atoms with Gasteiger partial charge in [0.25, 0.3) is 0 Å². The average molecular weight is 357 g/mol. The summed E-state index contributed by atoms with van der Waals surface area (Å²) >= 11 is 0. The molecule has 0 bridgehead atoms. The van der Waals surface area contributed by atoms with Gasteiger partial charge < -0.3 is 10.1 Å². The summed E-state index contributed by atoms with van der Waals surface area (Å²) < 4.78 is 5.67. The van der Waals surface area contributed by atoms with Crippen LogP contribution in [0, 0.1) is 0 Å². The average Bonchev–Trinajstić information content (AvgIpc) is 2.68. The Balaban J connectivity index is 1.83. The van der Waals surface area contributed by atoms with Crippen LogP contribution in [0.4, 0.5) is 5.69 Å². The van der Waals surface area contributed by atoms with Crippen LogP contribution in [-0.2, 0) is 4.79 Å². The van der Waals surface area contributed by atoms with Crippen molar-refractivity contribution in [2.45, 2.75) is 12.8 Å². The molecule has 0 spiro atoms. The number of nitrogens with one attached hydrogen (secondary N) is 1. The molecule has 27 heavy (non-hydrogen) atoms. The highest BCUT2D eigenvalue weighted by Gasteiger charge is 2.22. The molecule has 0 saturated carbocycles. The van der Waals surface area contributed by atoms with Crippen molar-refractivity contribution in [1.82, 2.24) is 0 Å². The molecule has 0 radical (unpaired) electrons. The van der Waals surface area contributed by atoms with Gasteiger partial charge in [0.1, 0.15) is 12.4 Å². The highest BCUT2D eigenvalue weighted by atomic mass is 16.5. The van der Waals surface area contributed by atoms with Gasteiger partial charge in [-0.25, -0.2) is 0 Å². The van der Waals surface area contributed by atoms with Crippen molar-refractivity contribution in [1.29, 1.82) is 0 Å². The number of carbonyl (C=O) groups is 1. The number of amides is 1. The second-order valence-electron chi connectivity index (χ2n) is 6.52. The molecule has 3 aromatic carbocycles. The Hall–Kier alpha value is -3.33. The van der Waals surface area contributed by atoms with Crippen LogP contribution in [0.1, 0.15) is 24.0 Å². The van der Waals surface area contributed by atoms with E-state index in [1.54, 1.807) is 0 Å². The minimum Gasteiger partial charge on any atom is -0.489 e. The summed E-state index contributed by atoms with van der Waals surface area (Å²) in [5.74, 6) is 0.239. The van der Waals surface area contributed by atoms with Crippen molar-refractivity contribution in [3.05, 3.63) is 108 Å². The van der Waals surface area contributed by atoms with Gasteiger partial charge in [0, 0.05) is 11.8 Å². The molecule has 1 N–H and O–H groups in total. The van der Waals surface area contributed by atoms with Gasteiger partial charge in [0.15, 0.2) is 0 Å². The second-order valence-corrected chi connectivity index (χ2v) is 6.52. The quantitative estimate of drug-likeness (QED) is 0.574. The molecule has 1 amide bonds. The van der Waals surface area contributed by atoms with Crippen LogP contribution in [0.15, 0.2) is 97.1 Å². The zero-order chi connectivity index (χ0) is 19.1. The van der Waals surface area contributed by atoms with Gasteiger partial charge in [0.2, 0.25) is 5.91 Å². The largest absolute Gasteiger partial charge is 0.489 e. The lowest BCUT2D eigenvalue weighted by atomic mass is 9.90. The Morgan fingerprint density at radius 3 is 2.07 bits per heavy atom. The van der Waals surface area contributed by atoms with E-state index in [1.165, 1.54) is 0 Å². The molecule has 0 unspecified atom stereocenters. The maximum atomic E-state index is 13.1. The fourth-order valence-electron chi connectivity index (χ4n) is 2.87. The van der Waals surface area contributed by atoms with E-state index in [4.69, 9.17) is 4.74 Å². The molecule has 0 atom stereocenters. The van der Waals surface area contributed by atoms with Crippen molar-refractivity contribution in [2.24, 2.45) is 0 Å². The monoisotopic (exact) mass is 357 g/mol. The Bertz CT molecular complexity index is 864. The van der Waals surface area contributed by atoms with Crippen molar-refractivity contribution in [3.8, 4) is 5.75 Å². The lowest BCUT2D eigenvalue weighted by Crippen LogP contribution is -2.22. The molecule has 0 aliphatic rings. The molecule has 136 valence electrons. The summed E-state index contributed by atoms with van der Waals surface area (Å²) in [6.07, 6.45) is 0. The number of hydrogen-bond donors (Lipinski definition) is 1. The summed E-state index contributed by atoms with van der Waals surface area (Å²) in [7, 11) is 0. The smallest absolute Gasteiger partial charge is 0.236 e. The summed E-state index contributed by atoms with van der Waals surface area (Å²) in [5, 5.41) is 3.03. The molecule has 0 aromatic heterocycles. The predicted molar refractivity (Wildman–Crippen MR) is 110 cm³/mol. The first kappa shape index (κ1) is 18.5. The minimum absolute atomic E-state index is 0.0792. The maximum absolute atomic E-state index is 13.1. The van der Waals surface area contributed by atoms with Crippen LogP contribution in [-0.4, -0.2) is 12.5 Å². The zero-order valence-corrected chi connectivity index (χ0v) is 15.4. The van der Waals surface area contributed by atoms with E-state index in [2.05, 4.69) is 11.9 Å². The first-order valence-corrected chi connectivity index (χ1v) is 8.91. The van der Waals surface area contributed by atoms with Crippen molar-refractivity contribution in [2.75, 3.05) is 11.9 Å². The van der Waals surface area contributed by atoms with E-state index in [0.717, 1.165) is 16.7 Å². The molecule has 3 heteroatoms. The maximum Gasteiger partial charge on any atom is 0.236 e. The molecule has 0 heterocycles. The van der Waals surface area contributed by atoms with Crippen LogP contribution in [0.2, 0.25) is 0 Å². The molecule has 0 aliphatic heterocycles. The number of benzene rings is 3. The van der Waals surface area contributed by atoms with Crippen LogP contribution < -0.4 is 10.1 Å². The van der Waals surface area contributed by atoms with Crippen molar-refractivity contribution < 1.29 is 9.53 Å². The number of hydrogen-bond acceptors (Lipinski definition) is 2. The van der Waals surface area contributed by atoms with E-state index in [1.807, 2.05) is 91.9 Å². The summed E-state index contributed by atoms with van der Waals surface area (Å²) in [6.45, 7) is 6.20. The Kier molecular flexibility index (Phi) is 6.06. The van der Waals surface area contributed by atoms with Gasteiger partial charge in [-0.15, -0.1) is 0 Å². The molecule has 3 aromatic rings. The summed E-state index contributed by atoms with van der Waals surface area (Å²) in [5.41, 5.74) is 3.56. The van der Waals surface area contributed by atoms with Crippen LogP contribution in [0.3, 0.4) is 0 Å². The third kappa shape index (κ3) is 5.08. The van der Waals surface area contributed by atoms with Crippen molar-refractivity contribution in [3.63, 3.8) is 0 Å². The normalized spacial score (nSPS) is 10.4.